The second kappa shape index (κ2) is 8.92. The maximum atomic E-state index is 13.5. The van der Waals surface area contributed by atoms with E-state index in [1.54, 1.807) is 18.3 Å². The molecule has 4 rings (SSSR count). The predicted molar refractivity (Wildman–Crippen MR) is 117 cm³/mol. The summed E-state index contributed by atoms with van der Waals surface area (Å²) in [6.45, 7) is 1.01. The van der Waals surface area contributed by atoms with Gasteiger partial charge in [-0.25, -0.2) is 13.4 Å². The fourth-order valence-electron chi connectivity index (χ4n) is 4.09. The van der Waals surface area contributed by atoms with Crippen molar-refractivity contribution in [3.8, 4) is 0 Å². The molecular weight excluding hydrogens is 459 g/mol. The zero-order chi connectivity index (χ0) is 23.8. The van der Waals surface area contributed by atoms with Crippen LogP contribution in [0.3, 0.4) is 0 Å². The Morgan fingerprint density at radius 2 is 1.97 bits per heavy atom. The molecule has 1 amide bonds. The van der Waals surface area contributed by atoms with E-state index in [0.717, 1.165) is 5.82 Å². The SMILES string of the molecule is CCc1ncc(/C=C2\C(=O)Nc3cccc(S(=O)(=O)N4CCCN(CC(F)(F)F)CC4)c32)[nH]1. The number of hydrogen-bond donors (Lipinski definition) is 2. The minimum atomic E-state index is -4.34. The number of aromatic nitrogens is 2. The van der Waals surface area contributed by atoms with Crippen molar-refractivity contribution in [2.24, 2.45) is 0 Å². The molecule has 0 bridgehead atoms. The lowest BCUT2D eigenvalue weighted by molar-refractivity contribution is -0.145. The highest BCUT2D eigenvalue weighted by molar-refractivity contribution is 7.89. The number of carbonyl (C=O) groups is 1. The number of benzene rings is 1. The molecule has 2 aliphatic heterocycles. The van der Waals surface area contributed by atoms with Gasteiger partial charge in [0.25, 0.3) is 5.91 Å². The van der Waals surface area contributed by atoms with Crippen molar-refractivity contribution in [2.75, 3.05) is 38.0 Å². The summed E-state index contributed by atoms with van der Waals surface area (Å²) in [5, 5.41) is 2.69. The van der Waals surface area contributed by atoms with E-state index in [4.69, 9.17) is 0 Å². The fourth-order valence-corrected chi connectivity index (χ4v) is 5.79. The van der Waals surface area contributed by atoms with Gasteiger partial charge in [-0.3, -0.25) is 9.69 Å². The first kappa shape index (κ1) is 23.5. The first-order valence-electron chi connectivity index (χ1n) is 10.6. The first-order valence-corrected chi connectivity index (χ1v) is 12.0. The van der Waals surface area contributed by atoms with Crippen LogP contribution in [0, 0.1) is 0 Å². The standard InChI is InChI=1S/C21H24F3N5O3S/c1-2-18-25-12-14(26-18)11-15-19-16(27-20(15)30)5-3-6-17(19)33(31,32)29-8-4-7-28(9-10-29)13-21(22,23)24/h3,5-6,11-12H,2,4,7-10,13H2,1H3,(H,25,26)(H,27,30)/b15-11-. The number of alkyl halides is 3. The van der Waals surface area contributed by atoms with Gasteiger partial charge in [-0.05, 0) is 31.2 Å². The van der Waals surface area contributed by atoms with Crippen LogP contribution in [0.25, 0.3) is 11.6 Å². The zero-order valence-corrected chi connectivity index (χ0v) is 18.8. The van der Waals surface area contributed by atoms with Crippen LogP contribution in [-0.4, -0.2) is 72.4 Å². The van der Waals surface area contributed by atoms with E-state index in [2.05, 4.69) is 15.3 Å². The maximum absolute atomic E-state index is 13.5. The van der Waals surface area contributed by atoms with Crippen LogP contribution in [0.5, 0.6) is 0 Å². The molecule has 8 nitrogen and oxygen atoms in total. The van der Waals surface area contributed by atoms with Crippen LogP contribution >= 0.6 is 0 Å². The molecule has 33 heavy (non-hydrogen) atoms. The van der Waals surface area contributed by atoms with Gasteiger partial charge in [0.05, 0.1) is 34.6 Å². The Bertz CT molecular complexity index is 1190. The van der Waals surface area contributed by atoms with Gasteiger partial charge < -0.3 is 10.3 Å². The number of rotatable bonds is 5. The minimum absolute atomic E-state index is 0.0262. The number of aromatic amines is 1. The lowest BCUT2D eigenvalue weighted by Gasteiger charge is -2.23. The molecule has 178 valence electrons. The van der Waals surface area contributed by atoms with E-state index in [1.165, 1.54) is 21.3 Å². The second-order valence-electron chi connectivity index (χ2n) is 7.98. The number of nitrogens with one attached hydrogen (secondary N) is 2. The van der Waals surface area contributed by atoms with Crippen molar-refractivity contribution in [3.05, 3.63) is 41.5 Å². The van der Waals surface area contributed by atoms with Crippen molar-refractivity contribution >= 4 is 33.3 Å². The summed E-state index contributed by atoms with van der Waals surface area (Å²) in [5.41, 5.74) is 1.38. The molecule has 1 aromatic carbocycles. The monoisotopic (exact) mass is 483 g/mol. The quantitative estimate of drug-likeness (QED) is 0.638. The number of carbonyl (C=O) groups excluding carboxylic acids is 1. The molecule has 0 saturated carbocycles. The molecule has 1 aromatic heterocycles. The molecule has 0 unspecified atom stereocenters. The van der Waals surface area contributed by atoms with Gasteiger partial charge in [0, 0.05) is 31.6 Å². The van der Waals surface area contributed by atoms with Crippen LogP contribution < -0.4 is 5.32 Å². The number of halogens is 3. The van der Waals surface area contributed by atoms with Crippen LogP contribution in [-0.2, 0) is 21.2 Å². The molecule has 2 N–H and O–H groups in total. The molecule has 0 radical (unpaired) electrons. The summed E-state index contributed by atoms with van der Waals surface area (Å²) >= 11 is 0. The Morgan fingerprint density at radius 1 is 1.18 bits per heavy atom. The number of amides is 1. The normalized spacial score (nSPS) is 19.5. The number of hydrogen-bond acceptors (Lipinski definition) is 5. The number of aryl methyl sites for hydroxylation is 1. The zero-order valence-electron chi connectivity index (χ0n) is 17.9. The molecule has 1 fully saturated rings. The van der Waals surface area contributed by atoms with Crippen LogP contribution in [0.4, 0.5) is 18.9 Å². The summed E-state index contributed by atoms with van der Waals surface area (Å²) in [4.78, 5) is 21.1. The van der Waals surface area contributed by atoms with Crippen LogP contribution in [0.2, 0.25) is 0 Å². The third kappa shape index (κ3) is 4.97. The van der Waals surface area contributed by atoms with E-state index >= 15 is 0 Å². The van der Waals surface area contributed by atoms with Gasteiger partial charge in [-0.2, -0.15) is 17.5 Å². The van der Waals surface area contributed by atoms with E-state index in [1.807, 2.05) is 6.92 Å². The highest BCUT2D eigenvalue weighted by Crippen LogP contribution is 2.39. The van der Waals surface area contributed by atoms with E-state index in [0.29, 0.717) is 17.8 Å². The van der Waals surface area contributed by atoms with E-state index in [9.17, 15) is 26.4 Å². The second-order valence-corrected chi connectivity index (χ2v) is 9.88. The third-order valence-corrected chi connectivity index (χ3v) is 7.58. The number of fused-ring (bicyclic) bond motifs is 1. The molecule has 0 aliphatic carbocycles. The van der Waals surface area contributed by atoms with Crippen molar-refractivity contribution in [1.29, 1.82) is 0 Å². The highest BCUT2D eigenvalue weighted by Gasteiger charge is 2.37. The topological polar surface area (TPSA) is 98.4 Å². The molecule has 0 spiro atoms. The maximum Gasteiger partial charge on any atom is 0.401 e. The van der Waals surface area contributed by atoms with Crippen molar-refractivity contribution in [2.45, 2.75) is 30.8 Å². The summed E-state index contributed by atoms with van der Waals surface area (Å²) in [7, 11) is -4.06. The Labute approximate surface area is 189 Å². The molecule has 0 atom stereocenters. The lowest BCUT2D eigenvalue weighted by Crippen LogP contribution is -2.38. The average molecular weight is 484 g/mol. The van der Waals surface area contributed by atoms with Gasteiger partial charge in [0.1, 0.15) is 5.82 Å². The van der Waals surface area contributed by atoms with Crippen molar-refractivity contribution in [1.82, 2.24) is 19.2 Å². The molecule has 12 heteroatoms. The van der Waals surface area contributed by atoms with Crippen LogP contribution in [0.15, 0.2) is 29.3 Å². The lowest BCUT2D eigenvalue weighted by atomic mass is 10.1. The molecular formula is C21H24F3N5O3S. The van der Waals surface area contributed by atoms with Gasteiger partial charge in [-0.15, -0.1) is 0 Å². The number of nitrogens with zero attached hydrogens (tertiary/aromatic N) is 3. The Kier molecular flexibility index (Phi) is 6.34. The van der Waals surface area contributed by atoms with Gasteiger partial charge in [0.2, 0.25) is 10.0 Å². The molecule has 1 saturated heterocycles. The smallest absolute Gasteiger partial charge is 0.342 e. The van der Waals surface area contributed by atoms with Crippen molar-refractivity contribution < 1.29 is 26.4 Å². The van der Waals surface area contributed by atoms with Gasteiger partial charge in [0.15, 0.2) is 0 Å². The summed E-state index contributed by atoms with van der Waals surface area (Å²) in [6.07, 6.45) is -0.271. The number of imidazole rings is 1. The summed E-state index contributed by atoms with van der Waals surface area (Å²) in [6, 6.07) is 4.57. The molecule has 2 aromatic rings. The predicted octanol–water partition coefficient (Wildman–Crippen LogP) is 2.72. The molecule has 2 aliphatic rings. The number of anilines is 1. The van der Waals surface area contributed by atoms with Crippen molar-refractivity contribution in [3.63, 3.8) is 0 Å². The third-order valence-electron chi connectivity index (χ3n) is 5.64. The van der Waals surface area contributed by atoms with Gasteiger partial charge >= 0.3 is 6.18 Å². The number of sulfonamides is 1. The number of H-pyrrole nitrogens is 1. The Hall–Kier alpha value is -2.70. The Balaban J connectivity index is 1.66. The fraction of sp³-hybridized carbons (Fsp3) is 0.429. The first-order chi connectivity index (χ1) is 15.6. The van der Waals surface area contributed by atoms with E-state index < -0.39 is 28.7 Å². The molecule has 3 heterocycles. The Morgan fingerprint density at radius 3 is 2.67 bits per heavy atom. The van der Waals surface area contributed by atoms with E-state index in [-0.39, 0.29) is 48.6 Å². The largest absolute Gasteiger partial charge is 0.401 e. The average Bonchev–Trinajstić information content (AvgIpc) is 3.24. The highest BCUT2D eigenvalue weighted by atomic mass is 32.2. The summed E-state index contributed by atoms with van der Waals surface area (Å²) < 4.78 is 66.6. The van der Waals surface area contributed by atoms with Gasteiger partial charge in [-0.1, -0.05) is 13.0 Å². The minimum Gasteiger partial charge on any atom is -0.342 e. The summed E-state index contributed by atoms with van der Waals surface area (Å²) in [5.74, 6) is 0.293. The van der Waals surface area contributed by atoms with Crippen LogP contribution in [0.1, 0.15) is 30.4 Å².